The van der Waals surface area contributed by atoms with Crippen LogP contribution in [0.2, 0.25) is 0 Å². The minimum Gasteiger partial charge on any atom is -0.394 e. The van der Waals surface area contributed by atoms with Crippen molar-refractivity contribution in [3.05, 3.63) is 65.5 Å². The van der Waals surface area contributed by atoms with E-state index in [1.807, 2.05) is 18.2 Å². The van der Waals surface area contributed by atoms with E-state index in [9.17, 15) is 14.3 Å². The summed E-state index contributed by atoms with van der Waals surface area (Å²) in [5.74, 6) is -0.495. The molecule has 0 aliphatic carbocycles. The van der Waals surface area contributed by atoms with Crippen molar-refractivity contribution in [1.29, 1.82) is 0 Å². The average molecular weight is 288 g/mol. The number of hydrogen-bond acceptors (Lipinski definition) is 2. The Morgan fingerprint density at radius 2 is 1.95 bits per heavy atom. The molecule has 5 heteroatoms. The lowest BCUT2D eigenvalue weighted by molar-refractivity contribution is 0.225. The van der Waals surface area contributed by atoms with E-state index in [1.165, 1.54) is 12.1 Å². The summed E-state index contributed by atoms with van der Waals surface area (Å²) in [6.45, 7) is 1.53. The van der Waals surface area contributed by atoms with Gasteiger partial charge in [-0.2, -0.15) is 0 Å². The molecule has 4 nitrogen and oxygen atoms in total. The van der Waals surface area contributed by atoms with Gasteiger partial charge < -0.3 is 15.7 Å². The first-order valence-corrected chi connectivity index (χ1v) is 6.59. The van der Waals surface area contributed by atoms with Gasteiger partial charge in [-0.3, -0.25) is 0 Å². The Balaban J connectivity index is 2.03. The molecule has 1 atom stereocenters. The van der Waals surface area contributed by atoms with Gasteiger partial charge in [0.15, 0.2) is 0 Å². The molecule has 0 fully saturated rings. The van der Waals surface area contributed by atoms with Crippen molar-refractivity contribution >= 4 is 11.7 Å². The molecule has 0 heterocycles. The Kier molecular flexibility index (Phi) is 4.90. The molecule has 21 heavy (non-hydrogen) atoms. The number of nitrogens with one attached hydrogen (secondary N) is 2. The number of aliphatic hydroxyl groups is 1. The lowest BCUT2D eigenvalue weighted by atomic mass is 10.1. The fourth-order valence-corrected chi connectivity index (χ4v) is 1.96. The molecule has 1 unspecified atom stereocenters. The molecule has 2 aromatic carbocycles. The zero-order valence-corrected chi connectivity index (χ0v) is 11.6. The number of carbonyl (C=O) groups excluding carboxylic acids is 1. The van der Waals surface area contributed by atoms with Crippen LogP contribution in [-0.2, 0) is 0 Å². The molecule has 0 aliphatic rings. The summed E-state index contributed by atoms with van der Waals surface area (Å²) in [4.78, 5) is 11.9. The fraction of sp³-hybridized carbons (Fsp3) is 0.188. The van der Waals surface area contributed by atoms with Crippen molar-refractivity contribution in [2.45, 2.75) is 13.0 Å². The van der Waals surface area contributed by atoms with Gasteiger partial charge in [-0.05, 0) is 30.2 Å². The molecular weight excluding hydrogens is 271 g/mol. The number of benzene rings is 2. The molecular formula is C16H17FN2O2. The second kappa shape index (κ2) is 6.85. The van der Waals surface area contributed by atoms with Gasteiger partial charge in [0.05, 0.1) is 18.3 Å². The second-order valence-corrected chi connectivity index (χ2v) is 4.73. The number of amides is 2. The molecule has 0 saturated carbocycles. The van der Waals surface area contributed by atoms with Crippen LogP contribution in [0.15, 0.2) is 48.5 Å². The van der Waals surface area contributed by atoms with Gasteiger partial charge in [0, 0.05) is 0 Å². The van der Waals surface area contributed by atoms with Crippen molar-refractivity contribution in [2.24, 2.45) is 0 Å². The van der Waals surface area contributed by atoms with Crippen molar-refractivity contribution in [3.8, 4) is 0 Å². The maximum atomic E-state index is 13.7. The van der Waals surface area contributed by atoms with Crippen LogP contribution in [0, 0.1) is 12.7 Å². The van der Waals surface area contributed by atoms with Crippen LogP contribution in [0.4, 0.5) is 14.9 Å². The third-order valence-corrected chi connectivity index (χ3v) is 3.06. The SMILES string of the molecule is Cc1ccc(NC(=O)NC(CO)c2ccccc2)c(F)c1. The highest BCUT2D eigenvalue weighted by molar-refractivity contribution is 5.89. The van der Waals surface area contributed by atoms with Gasteiger partial charge in [-0.15, -0.1) is 0 Å². The minimum atomic E-state index is -0.569. The van der Waals surface area contributed by atoms with Crippen molar-refractivity contribution in [2.75, 3.05) is 11.9 Å². The maximum Gasteiger partial charge on any atom is 0.319 e. The third-order valence-electron chi connectivity index (χ3n) is 3.06. The predicted octanol–water partition coefficient (Wildman–Crippen LogP) is 2.99. The number of halogens is 1. The number of urea groups is 1. The quantitative estimate of drug-likeness (QED) is 0.810. The van der Waals surface area contributed by atoms with Crippen molar-refractivity contribution in [3.63, 3.8) is 0 Å². The Morgan fingerprint density at radius 1 is 1.24 bits per heavy atom. The Morgan fingerprint density at radius 3 is 2.57 bits per heavy atom. The summed E-state index contributed by atoms with van der Waals surface area (Å²) in [6.07, 6.45) is 0. The maximum absolute atomic E-state index is 13.7. The highest BCUT2D eigenvalue weighted by atomic mass is 19.1. The summed E-state index contributed by atoms with van der Waals surface area (Å²) in [5, 5.41) is 14.4. The van der Waals surface area contributed by atoms with E-state index in [0.717, 1.165) is 11.1 Å². The Labute approximate surface area is 122 Å². The van der Waals surface area contributed by atoms with E-state index in [1.54, 1.807) is 25.1 Å². The number of hydrogen-bond donors (Lipinski definition) is 3. The van der Waals surface area contributed by atoms with Gasteiger partial charge >= 0.3 is 6.03 Å². The van der Waals surface area contributed by atoms with E-state index in [2.05, 4.69) is 10.6 Å². The molecule has 2 aromatic rings. The van der Waals surface area contributed by atoms with Gasteiger partial charge in [0.25, 0.3) is 0 Å². The number of anilines is 1. The summed E-state index contributed by atoms with van der Waals surface area (Å²) >= 11 is 0. The standard InChI is InChI=1S/C16H17FN2O2/c1-11-7-8-14(13(17)9-11)18-16(21)19-15(10-20)12-5-3-2-4-6-12/h2-9,15,20H,10H2,1H3,(H2,18,19,21). The van der Waals surface area contributed by atoms with Crippen LogP contribution in [0.25, 0.3) is 0 Å². The second-order valence-electron chi connectivity index (χ2n) is 4.73. The number of rotatable bonds is 4. The van der Waals surface area contributed by atoms with Crippen molar-refractivity contribution < 1.29 is 14.3 Å². The Hall–Kier alpha value is -2.40. The van der Waals surface area contributed by atoms with Gasteiger partial charge in [0.1, 0.15) is 5.82 Å². The molecule has 0 aromatic heterocycles. The monoisotopic (exact) mass is 288 g/mol. The first kappa shape index (κ1) is 15.0. The third kappa shape index (κ3) is 4.03. The summed E-state index contributed by atoms with van der Waals surface area (Å²) in [7, 11) is 0. The Bertz CT molecular complexity index is 617. The first-order chi connectivity index (χ1) is 10.1. The lowest BCUT2D eigenvalue weighted by Crippen LogP contribution is -2.34. The normalized spacial score (nSPS) is 11.8. The van der Waals surface area contributed by atoms with Gasteiger partial charge in [-0.25, -0.2) is 9.18 Å². The number of aryl methyl sites for hydroxylation is 1. The molecule has 2 rings (SSSR count). The van der Waals surface area contributed by atoms with Crippen LogP contribution in [0.1, 0.15) is 17.2 Å². The molecule has 0 aliphatic heterocycles. The van der Waals surface area contributed by atoms with Gasteiger partial charge in [0.2, 0.25) is 0 Å². The molecule has 0 saturated heterocycles. The molecule has 3 N–H and O–H groups in total. The lowest BCUT2D eigenvalue weighted by Gasteiger charge is -2.17. The fourth-order valence-electron chi connectivity index (χ4n) is 1.96. The smallest absolute Gasteiger partial charge is 0.319 e. The van der Waals surface area contributed by atoms with Crippen LogP contribution in [-0.4, -0.2) is 17.7 Å². The summed E-state index contributed by atoms with van der Waals surface area (Å²) in [6, 6.07) is 12.5. The largest absolute Gasteiger partial charge is 0.394 e. The van der Waals surface area contributed by atoms with E-state index in [-0.39, 0.29) is 12.3 Å². The predicted molar refractivity (Wildman–Crippen MR) is 79.6 cm³/mol. The van der Waals surface area contributed by atoms with Crippen molar-refractivity contribution in [1.82, 2.24) is 5.32 Å². The number of aliphatic hydroxyl groups excluding tert-OH is 1. The molecule has 110 valence electrons. The van der Waals surface area contributed by atoms with E-state index >= 15 is 0 Å². The van der Waals surface area contributed by atoms with E-state index in [0.29, 0.717) is 0 Å². The average Bonchev–Trinajstić information content (AvgIpc) is 2.48. The zero-order chi connectivity index (χ0) is 15.2. The van der Waals surface area contributed by atoms with Crippen LogP contribution in [0.5, 0.6) is 0 Å². The highest BCUT2D eigenvalue weighted by Crippen LogP contribution is 2.16. The van der Waals surface area contributed by atoms with E-state index in [4.69, 9.17) is 0 Å². The molecule has 2 amide bonds. The summed E-state index contributed by atoms with van der Waals surface area (Å²) in [5.41, 5.74) is 1.65. The topological polar surface area (TPSA) is 61.4 Å². The molecule has 0 spiro atoms. The summed E-state index contributed by atoms with van der Waals surface area (Å²) < 4.78 is 13.7. The van der Waals surface area contributed by atoms with Crippen LogP contribution < -0.4 is 10.6 Å². The van der Waals surface area contributed by atoms with Crippen LogP contribution >= 0.6 is 0 Å². The van der Waals surface area contributed by atoms with Crippen LogP contribution in [0.3, 0.4) is 0 Å². The highest BCUT2D eigenvalue weighted by Gasteiger charge is 2.14. The van der Waals surface area contributed by atoms with Gasteiger partial charge in [-0.1, -0.05) is 36.4 Å². The number of carbonyl (C=O) groups is 1. The molecule has 0 bridgehead atoms. The minimum absolute atomic E-state index is 0.0999. The molecule has 0 radical (unpaired) electrons. The van der Waals surface area contributed by atoms with E-state index < -0.39 is 17.9 Å². The first-order valence-electron chi connectivity index (χ1n) is 6.59. The zero-order valence-electron chi connectivity index (χ0n) is 11.6.